The minimum absolute atomic E-state index is 0.249. The molecule has 0 aliphatic heterocycles. The molecule has 0 radical (unpaired) electrons. The number of aliphatic hydroxyl groups excluding tert-OH is 1. The van der Waals surface area contributed by atoms with Crippen molar-refractivity contribution in [3.8, 4) is 0 Å². The molecule has 0 saturated carbocycles. The minimum atomic E-state index is 0.249. The van der Waals surface area contributed by atoms with E-state index in [1.165, 1.54) is 11.1 Å². The Hall–Kier alpha value is -0.860. The predicted molar refractivity (Wildman–Crippen MR) is 73.2 cm³/mol. The van der Waals surface area contributed by atoms with Crippen molar-refractivity contribution < 1.29 is 5.11 Å². The molecule has 0 fully saturated rings. The van der Waals surface area contributed by atoms with Crippen LogP contribution in [0, 0.1) is 0 Å². The van der Waals surface area contributed by atoms with E-state index in [1.807, 2.05) is 0 Å². The van der Waals surface area contributed by atoms with Crippen LogP contribution in [0.3, 0.4) is 0 Å². The van der Waals surface area contributed by atoms with E-state index in [-0.39, 0.29) is 6.61 Å². The number of aliphatic hydroxyl groups is 1. The number of nitrogens with one attached hydrogen (secondary N) is 1. The second kappa shape index (κ2) is 7.46. The molecule has 0 aliphatic carbocycles. The second-order valence-corrected chi connectivity index (χ2v) is 4.64. The van der Waals surface area contributed by atoms with Crippen LogP contribution in [-0.4, -0.2) is 17.8 Å². The van der Waals surface area contributed by atoms with Gasteiger partial charge in [0.2, 0.25) is 0 Å². The lowest BCUT2D eigenvalue weighted by Gasteiger charge is -2.22. The van der Waals surface area contributed by atoms with Gasteiger partial charge >= 0.3 is 0 Å². The van der Waals surface area contributed by atoms with Gasteiger partial charge in [-0.3, -0.25) is 0 Å². The first-order chi connectivity index (χ1) is 8.21. The van der Waals surface area contributed by atoms with Crippen LogP contribution in [0.25, 0.3) is 0 Å². The Bertz CT molecular complexity index is 307. The lowest BCUT2D eigenvalue weighted by atomic mass is 10.0. The van der Waals surface area contributed by atoms with Crippen molar-refractivity contribution in [2.45, 2.75) is 52.1 Å². The molecule has 0 aliphatic rings. The van der Waals surface area contributed by atoms with Crippen LogP contribution in [0.15, 0.2) is 24.3 Å². The third-order valence-electron chi connectivity index (χ3n) is 3.25. The zero-order chi connectivity index (χ0) is 12.7. The summed E-state index contributed by atoms with van der Waals surface area (Å²) in [4.78, 5) is 0. The van der Waals surface area contributed by atoms with Crippen molar-refractivity contribution in [1.82, 2.24) is 5.32 Å². The van der Waals surface area contributed by atoms with Gasteiger partial charge in [0.15, 0.2) is 0 Å². The number of hydrogen-bond donors (Lipinski definition) is 2. The van der Waals surface area contributed by atoms with Crippen LogP contribution < -0.4 is 5.32 Å². The van der Waals surface area contributed by atoms with E-state index in [0.29, 0.717) is 12.1 Å². The highest BCUT2D eigenvalue weighted by Crippen LogP contribution is 2.18. The molecule has 1 rings (SSSR count). The summed E-state index contributed by atoms with van der Waals surface area (Å²) in [5, 5.41) is 12.5. The van der Waals surface area contributed by atoms with Gasteiger partial charge in [-0.1, -0.05) is 38.1 Å². The average Bonchev–Trinajstić information content (AvgIpc) is 2.36. The highest BCUT2D eigenvalue weighted by Gasteiger charge is 2.11. The lowest BCUT2D eigenvalue weighted by Crippen LogP contribution is -2.31. The zero-order valence-electron chi connectivity index (χ0n) is 11.2. The smallest absolute Gasteiger partial charge is 0.0445 e. The number of aryl methyl sites for hydroxylation is 1. The van der Waals surface area contributed by atoms with E-state index in [1.54, 1.807) is 0 Å². The van der Waals surface area contributed by atoms with Gasteiger partial charge in [0.05, 0.1) is 0 Å². The van der Waals surface area contributed by atoms with Gasteiger partial charge in [0.1, 0.15) is 0 Å². The Morgan fingerprint density at radius 1 is 1.18 bits per heavy atom. The number of benzene rings is 1. The van der Waals surface area contributed by atoms with Gasteiger partial charge in [0.25, 0.3) is 0 Å². The number of rotatable bonds is 7. The van der Waals surface area contributed by atoms with Gasteiger partial charge in [-0.15, -0.1) is 0 Å². The maximum Gasteiger partial charge on any atom is 0.0445 e. The van der Waals surface area contributed by atoms with Crippen molar-refractivity contribution in [2.24, 2.45) is 0 Å². The van der Waals surface area contributed by atoms with Gasteiger partial charge in [-0.2, -0.15) is 0 Å². The van der Waals surface area contributed by atoms with E-state index >= 15 is 0 Å². The maximum atomic E-state index is 8.92. The summed E-state index contributed by atoms with van der Waals surface area (Å²) < 4.78 is 0. The predicted octanol–water partition coefficient (Wildman–Crippen LogP) is 3.06. The van der Waals surface area contributed by atoms with Gasteiger partial charge in [-0.05, 0) is 37.3 Å². The van der Waals surface area contributed by atoms with E-state index in [9.17, 15) is 0 Å². The van der Waals surface area contributed by atoms with Crippen LogP contribution >= 0.6 is 0 Å². The van der Waals surface area contributed by atoms with E-state index in [4.69, 9.17) is 5.11 Å². The van der Waals surface area contributed by atoms with E-state index in [2.05, 4.69) is 50.4 Å². The molecule has 0 amide bonds. The summed E-state index contributed by atoms with van der Waals surface area (Å²) in [5.41, 5.74) is 2.72. The van der Waals surface area contributed by atoms with Crippen LogP contribution in [0.2, 0.25) is 0 Å². The highest BCUT2D eigenvalue weighted by atomic mass is 16.3. The molecular formula is C15H25NO. The molecule has 2 nitrogen and oxygen atoms in total. The summed E-state index contributed by atoms with van der Waals surface area (Å²) in [6.45, 7) is 6.74. The van der Waals surface area contributed by atoms with Crippen LogP contribution in [-0.2, 0) is 6.42 Å². The lowest BCUT2D eigenvalue weighted by molar-refractivity contribution is 0.262. The minimum Gasteiger partial charge on any atom is -0.396 e. The summed E-state index contributed by atoms with van der Waals surface area (Å²) >= 11 is 0. The molecule has 0 spiro atoms. The summed E-state index contributed by atoms with van der Waals surface area (Å²) in [5.74, 6) is 0. The Kier molecular flexibility index (Phi) is 6.23. The molecule has 2 N–H and O–H groups in total. The second-order valence-electron chi connectivity index (χ2n) is 4.64. The van der Waals surface area contributed by atoms with E-state index < -0.39 is 0 Å². The Morgan fingerprint density at radius 3 is 2.29 bits per heavy atom. The van der Waals surface area contributed by atoms with Gasteiger partial charge in [0, 0.05) is 18.7 Å². The fraction of sp³-hybridized carbons (Fsp3) is 0.600. The molecule has 96 valence electrons. The largest absolute Gasteiger partial charge is 0.396 e. The number of hydrogen-bond acceptors (Lipinski definition) is 2. The Balaban J connectivity index is 2.65. The third kappa shape index (κ3) is 4.49. The van der Waals surface area contributed by atoms with Crippen molar-refractivity contribution in [3.63, 3.8) is 0 Å². The third-order valence-corrected chi connectivity index (χ3v) is 3.25. The summed E-state index contributed by atoms with van der Waals surface area (Å²) in [7, 11) is 0. The zero-order valence-corrected chi connectivity index (χ0v) is 11.2. The summed E-state index contributed by atoms with van der Waals surface area (Å²) in [6.07, 6.45) is 2.97. The molecule has 1 unspecified atom stereocenters. The van der Waals surface area contributed by atoms with Crippen molar-refractivity contribution in [1.29, 1.82) is 0 Å². The molecular weight excluding hydrogens is 210 g/mol. The average molecular weight is 235 g/mol. The van der Waals surface area contributed by atoms with Crippen LogP contribution in [0.4, 0.5) is 0 Å². The molecule has 2 atom stereocenters. The van der Waals surface area contributed by atoms with Crippen molar-refractivity contribution in [2.75, 3.05) is 6.61 Å². The summed E-state index contributed by atoms with van der Waals surface area (Å²) in [6, 6.07) is 9.59. The first-order valence-corrected chi connectivity index (χ1v) is 6.67. The first-order valence-electron chi connectivity index (χ1n) is 6.67. The Labute approximate surface area is 105 Å². The quantitative estimate of drug-likeness (QED) is 0.761. The van der Waals surface area contributed by atoms with Crippen LogP contribution in [0.5, 0.6) is 0 Å². The fourth-order valence-electron chi connectivity index (χ4n) is 2.06. The normalized spacial score (nSPS) is 14.6. The standard InChI is InChI=1S/C15H25NO/c1-4-13-6-8-14(9-7-13)15(5-2)16-12(3)10-11-17/h6-9,12,15-17H,4-5,10-11H2,1-3H3/t12-,15?/m1/s1. The molecule has 2 heteroatoms. The van der Waals surface area contributed by atoms with Crippen molar-refractivity contribution >= 4 is 0 Å². The highest BCUT2D eigenvalue weighted by molar-refractivity contribution is 5.25. The monoisotopic (exact) mass is 235 g/mol. The molecule has 1 aromatic carbocycles. The van der Waals surface area contributed by atoms with Gasteiger partial charge in [-0.25, -0.2) is 0 Å². The van der Waals surface area contributed by atoms with Crippen molar-refractivity contribution in [3.05, 3.63) is 35.4 Å². The Morgan fingerprint density at radius 2 is 1.82 bits per heavy atom. The molecule has 0 heterocycles. The molecule has 0 bridgehead atoms. The van der Waals surface area contributed by atoms with E-state index in [0.717, 1.165) is 19.3 Å². The molecule has 17 heavy (non-hydrogen) atoms. The topological polar surface area (TPSA) is 32.3 Å². The maximum absolute atomic E-state index is 8.92. The van der Waals surface area contributed by atoms with Gasteiger partial charge < -0.3 is 10.4 Å². The fourth-order valence-corrected chi connectivity index (χ4v) is 2.06. The first kappa shape index (κ1) is 14.2. The van der Waals surface area contributed by atoms with Crippen LogP contribution in [0.1, 0.15) is 50.8 Å². The SMILES string of the molecule is CCc1ccc(C(CC)N[C@H](C)CCO)cc1. The molecule has 0 saturated heterocycles. The molecule has 0 aromatic heterocycles. The molecule has 1 aromatic rings.